The summed E-state index contributed by atoms with van der Waals surface area (Å²) in [5.41, 5.74) is 0.464. The summed E-state index contributed by atoms with van der Waals surface area (Å²) in [4.78, 5) is 6.41. The van der Waals surface area contributed by atoms with Gasteiger partial charge in [-0.05, 0) is 19.1 Å². The van der Waals surface area contributed by atoms with Gasteiger partial charge in [-0.2, -0.15) is 5.26 Å². The fourth-order valence-electron chi connectivity index (χ4n) is 1.69. The predicted molar refractivity (Wildman–Crippen MR) is 56.6 cm³/mol. The van der Waals surface area contributed by atoms with Crippen molar-refractivity contribution in [1.82, 2.24) is 4.98 Å². The van der Waals surface area contributed by atoms with Crippen LogP contribution in [0.15, 0.2) is 18.2 Å². The Morgan fingerprint density at radius 1 is 1.60 bits per heavy atom. The molecule has 0 aromatic carbocycles. The maximum atomic E-state index is 8.76. The molecule has 1 unspecified atom stereocenters. The molecule has 0 aliphatic carbocycles. The molecule has 1 aliphatic rings. The SMILES string of the molecule is CC1CN(c2cccc(C#N)n2)CCO1. The highest BCUT2D eigenvalue weighted by Crippen LogP contribution is 2.15. The summed E-state index contributed by atoms with van der Waals surface area (Å²) < 4.78 is 5.45. The minimum absolute atomic E-state index is 0.228. The monoisotopic (exact) mass is 203 g/mol. The van der Waals surface area contributed by atoms with E-state index in [9.17, 15) is 0 Å². The van der Waals surface area contributed by atoms with Gasteiger partial charge in [0.1, 0.15) is 17.6 Å². The fourth-order valence-corrected chi connectivity index (χ4v) is 1.69. The van der Waals surface area contributed by atoms with Gasteiger partial charge in [0.25, 0.3) is 0 Å². The summed E-state index contributed by atoms with van der Waals surface area (Å²) in [5, 5.41) is 8.76. The van der Waals surface area contributed by atoms with Crippen LogP contribution in [0.3, 0.4) is 0 Å². The number of rotatable bonds is 1. The molecule has 1 aliphatic heterocycles. The Kier molecular flexibility index (Phi) is 2.84. The Hall–Kier alpha value is -1.60. The maximum absolute atomic E-state index is 8.76. The van der Waals surface area contributed by atoms with E-state index < -0.39 is 0 Å². The summed E-state index contributed by atoms with van der Waals surface area (Å²) in [5.74, 6) is 0.865. The molecule has 1 atom stereocenters. The minimum atomic E-state index is 0.228. The Morgan fingerprint density at radius 3 is 3.20 bits per heavy atom. The van der Waals surface area contributed by atoms with Crippen molar-refractivity contribution in [2.45, 2.75) is 13.0 Å². The number of hydrogen-bond donors (Lipinski definition) is 0. The van der Waals surface area contributed by atoms with Gasteiger partial charge < -0.3 is 9.64 Å². The summed E-state index contributed by atoms with van der Waals surface area (Å²) in [6, 6.07) is 7.56. The van der Waals surface area contributed by atoms with Gasteiger partial charge in [0.15, 0.2) is 0 Å². The number of nitrogens with zero attached hydrogens (tertiary/aromatic N) is 3. The molecule has 4 heteroatoms. The van der Waals surface area contributed by atoms with Crippen LogP contribution in [0.2, 0.25) is 0 Å². The van der Waals surface area contributed by atoms with Gasteiger partial charge in [-0.25, -0.2) is 4.98 Å². The second-order valence-corrected chi connectivity index (χ2v) is 3.62. The molecule has 0 N–H and O–H groups in total. The van der Waals surface area contributed by atoms with Crippen LogP contribution in [-0.4, -0.2) is 30.8 Å². The number of nitriles is 1. The summed E-state index contributed by atoms with van der Waals surface area (Å²) in [7, 11) is 0. The highest BCUT2D eigenvalue weighted by atomic mass is 16.5. The molecule has 0 bridgehead atoms. The van der Waals surface area contributed by atoms with E-state index in [4.69, 9.17) is 10.00 Å². The van der Waals surface area contributed by atoms with E-state index in [1.54, 1.807) is 6.07 Å². The van der Waals surface area contributed by atoms with Crippen LogP contribution in [0.4, 0.5) is 5.82 Å². The van der Waals surface area contributed by atoms with Gasteiger partial charge >= 0.3 is 0 Å². The number of morpholine rings is 1. The van der Waals surface area contributed by atoms with E-state index in [0.717, 1.165) is 25.5 Å². The molecule has 0 saturated carbocycles. The molecule has 2 heterocycles. The molecule has 78 valence electrons. The van der Waals surface area contributed by atoms with Gasteiger partial charge in [-0.1, -0.05) is 6.07 Å². The highest BCUT2D eigenvalue weighted by Gasteiger charge is 2.17. The Bertz CT molecular complexity index is 386. The van der Waals surface area contributed by atoms with Crippen molar-refractivity contribution in [2.75, 3.05) is 24.6 Å². The van der Waals surface area contributed by atoms with E-state index >= 15 is 0 Å². The molecular weight excluding hydrogens is 190 g/mol. The van der Waals surface area contributed by atoms with Gasteiger partial charge in [-0.3, -0.25) is 0 Å². The van der Waals surface area contributed by atoms with Gasteiger partial charge in [0.05, 0.1) is 12.7 Å². The predicted octanol–water partition coefficient (Wildman–Crippen LogP) is 1.18. The van der Waals surface area contributed by atoms with E-state index in [0.29, 0.717) is 5.69 Å². The molecule has 4 nitrogen and oxygen atoms in total. The van der Waals surface area contributed by atoms with Crippen molar-refractivity contribution in [3.63, 3.8) is 0 Å². The minimum Gasteiger partial charge on any atom is -0.375 e. The van der Waals surface area contributed by atoms with Crippen LogP contribution in [-0.2, 0) is 4.74 Å². The molecule has 0 amide bonds. The summed E-state index contributed by atoms with van der Waals surface area (Å²) in [6.45, 7) is 4.44. The largest absolute Gasteiger partial charge is 0.375 e. The Balaban J connectivity index is 2.18. The number of ether oxygens (including phenoxy) is 1. The van der Waals surface area contributed by atoms with E-state index in [-0.39, 0.29) is 6.10 Å². The third-order valence-corrected chi connectivity index (χ3v) is 2.41. The topological polar surface area (TPSA) is 49.2 Å². The molecule has 2 rings (SSSR count). The van der Waals surface area contributed by atoms with Crippen LogP contribution in [0.5, 0.6) is 0 Å². The number of pyridine rings is 1. The van der Waals surface area contributed by atoms with Crippen LogP contribution in [0, 0.1) is 11.3 Å². The summed E-state index contributed by atoms with van der Waals surface area (Å²) >= 11 is 0. The number of anilines is 1. The van der Waals surface area contributed by atoms with E-state index in [2.05, 4.69) is 9.88 Å². The van der Waals surface area contributed by atoms with Crippen LogP contribution in [0.1, 0.15) is 12.6 Å². The third kappa shape index (κ3) is 2.25. The summed E-state index contributed by atoms with van der Waals surface area (Å²) in [6.07, 6.45) is 0.228. The van der Waals surface area contributed by atoms with E-state index in [1.165, 1.54) is 0 Å². The molecule has 0 spiro atoms. The normalized spacial score (nSPS) is 21.1. The van der Waals surface area contributed by atoms with Crippen molar-refractivity contribution in [2.24, 2.45) is 0 Å². The molecule has 1 aromatic rings. The number of hydrogen-bond acceptors (Lipinski definition) is 4. The lowest BCUT2D eigenvalue weighted by atomic mass is 10.3. The van der Waals surface area contributed by atoms with Crippen molar-refractivity contribution >= 4 is 5.82 Å². The molecule has 15 heavy (non-hydrogen) atoms. The zero-order valence-corrected chi connectivity index (χ0v) is 8.68. The second kappa shape index (κ2) is 4.28. The average molecular weight is 203 g/mol. The first-order chi connectivity index (χ1) is 7.29. The molecule has 1 aromatic heterocycles. The molecule has 1 fully saturated rings. The number of aromatic nitrogens is 1. The van der Waals surface area contributed by atoms with Crippen LogP contribution in [0.25, 0.3) is 0 Å². The van der Waals surface area contributed by atoms with Crippen molar-refractivity contribution in [3.8, 4) is 6.07 Å². The third-order valence-electron chi connectivity index (χ3n) is 2.41. The molecule has 1 saturated heterocycles. The standard InChI is InChI=1S/C11H13N3O/c1-9-8-14(5-6-15-9)11-4-2-3-10(7-12)13-11/h2-4,9H,5-6,8H2,1H3. The van der Waals surface area contributed by atoms with Crippen molar-refractivity contribution in [1.29, 1.82) is 5.26 Å². The van der Waals surface area contributed by atoms with Crippen molar-refractivity contribution < 1.29 is 4.74 Å². The lowest BCUT2D eigenvalue weighted by Crippen LogP contribution is -2.41. The maximum Gasteiger partial charge on any atom is 0.142 e. The lowest BCUT2D eigenvalue weighted by molar-refractivity contribution is 0.0529. The zero-order valence-electron chi connectivity index (χ0n) is 8.68. The smallest absolute Gasteiger partial charge is 0.142 e. The van der Waals surface area contributed by atoms with Crippen LogP contribution < -0.4 is 4.90 Å². The fraction of sp³-hybridized carbons (Fsp3) is 0.455. The second-order valence-electron chi connectivity index (χ2n) is 3.62. The lowest BCUT2D eigenvalue weighted by Gasteiger charge is -2.31. The van der Waals surface area contributed by atoms with Crippen molar-refractivity contribution in [3.05, 3.63) is 23.9 Å². The van der Waals surface area contributed by atoms with Gasteiger partial charge in [0.2, 0.25) is 0 Å². The Morgan fingerprint density at radius 2 is 2.47 bits per heavy atom. The zero-order chi connectivity index (χ0) is 10.7. The quantitative estimate of drug-likeness (QED) is 0.687. The molecular formula is C11H13N3O. The first-order valence-electron chi connectivity index (χ1n) is 5.03. The van der Waals surface area contributed by atoms with E-state index in [1.807, 2.05) is 25.1 Å². The van der Waals surface area contributed by atoms with Gasteiger partial charge in [0, 0.05) is 13.1 Å². The average Bonchev–Trinajstić information content (AvgIpc) is 2.29. The van der Waals surface area contributed by atoms with Crippen LogP contribution >= 0.6 is 0 Å². The first kappa shape index (κ1) is 9.94. The molecule has 0 radical (unpaired) electrons. The highest BCUT2D eigenvalue weighted by molar-refractivity contribution is 5.42. The van der Waals surface area contributed by atoms with Gasteiger partial charge in [-0.15, -0.1) is 0 Å². The first-order valence-corrected chi connectivity index (χ1v) is 5.03. The Labute approximate surface area is 89.1 Å².